The van der Waals surface area contributed by atoms with Crippen LogP contribution in [0.5, 0.6) is 0 Å². The van der Waals surface area contributed by atoms with E-state index in [1.807, 2.05) is 55.4 Å². The molecule has 1 aliphatic rings. The number of esters is 1. The van der Waals surface area contributed by atoms with Crippen molar-refractivity contribution in [1.29, 1.82) is 0 Å². The van der Waals surface area contributed by atoms with Crippen LogP contribution in [0, 0.1) is 0 Å². The summed E-state index contributed by atoms with van der Waals surface area (Å²) in [4.78, 5) is 45.0. The number of aromatic nitrogens is 1. The van der Waals surface area contributed by atoms with Crippen LogP contribution < -0.4 is 15.5 Å². The summed E-state index contributed by atoms with van der Waals surface area (Å²) in [6, 6.07) is 16.0. The second-order valence-electron chi connectivity index (χ2n) is 8.55. The van der Waals surface area contributed by atoms with Crippen LogP contribution in [-0.2, 0) is 14.3 Å². The highest BCUT2D eigenvalue weighted by Crippen LogP contribution is 2.38. The van der Waals surface area contributed by atoms with Crippen LogP contribution in [0.4, 0.5) is 17.1 Å². The first-order chi connectivity index (χ1) is 17.3. The third-order valence-corrected chi connectivity index (χ3v) is 5.75. The molecule has 3 aromatic rings. The molecule has 0 aliphatic carbocycles. The van der Waals surface area contributed by atoms with Crippen LogP contribution in [0.3, 0.4) is 0 Å². The fraction of sp³-hybridized carbons (Fsp3) is 0.185. The van der Waals surface area contributed by atoms with Crippen LogP contribution in [-0.4, -0.2) is 62.5 Å². The standard InChI is InChI=1S/C27H27N5O4/c1-31(2)16-23(33)32(3)20-8-6-19(7-9-20)29-25(17-11-13-28-14-12-17)24-21-10-5-18(27(35)36-4)15-22(21)30-26(24)34/h5-15,29H,16H2,1-4H3,(H,30,34). The maximum Gasteiger partial charge on any atom is 0.337 e. The fourth-order valence-electron chi connectivity index (χ4n) is 3.90. The molecule has 2 aromatic carbocycles. The van der Waals surface area contributed by atoms with E-state index < -0.39 is 5.97 Å². The van der Waals surface area contributed by atoms with Gasteiger partial charge in [0.15, 0.2) is 0 Å². The summed E-state index contributed by atoms with van der Waals surface area (Å²) in [6.45, 7) is 0.307. The van der Waals surface area contributed by atoms with E-state index in [1.165, 1.54) is 7.11 Å². The van der Waals surface area contributed by atoms with Gasteiger partial charge in [0.2, 0.25) is 5.91 Å². The number of benzene rings is 2. The van der Waals surface area contributed by atoms with Gasteiger partial charge in [-0.15, -0.1) is 0 Å². The molecule has 0 bridgehead atoms. The molecule has 2 amide bonds. The molecule has 0 atom stereocenters. The minimum atomic E-state index is -0.480. The predicted molar refractivity (Wildman–Crippen MR) is 139 cm³/mol. The number of amides is 2. The predicted octanol–water partition coefficient (Wildman–Crippen LogP) is 3.33. The smallest absolute Gasteiger partial charge is 0.337 e. The number of pyridine rings is 1. The number of carbonyl (C=O) groups is 3. The van der Waals surface area contributed by atoms with Gasteiger partial charge in [-0.25, -0.2) is 4.79 Å². The van der Waals surface area contributed by atoms with Crippen LogP contribution in [0.2, 0.25) is 0 Å². The Morgan fingerprint density at radius 1 is 0.972 bits per heavy atom. The molecule has 4 rings (SSSR count). The number of nitrogens with zero attached hydrogens (tertiary/aromatic N) is 3. The first-order valence-corrected chi connectivity index (χ1v) is 11.3. The topological polar surface area (TPSA) is 104 Å². The maximum absolute atomic E-state index is 13.1. The zero-order chi connectivity index (χ0) is 25.8. The van der Waals surface area contributed by atoms with Crippen molar-refractivity contribution < 1.29 is 19.1 Å². The number of methoxy groups -OCH3 is 1. The van der Waals surface area contributed by atoms with Crippen molar-refractivity contribution in [3.05, 3.63) is 83.7 Å². The van der Waals surface area contributed by atoms with Gasteiger partial charge in [-0.1, -0.05) is 6.07 Å². The molecule has 9 heteroatoms. The minimum absolute atomic E-state index is 0.0224. The van der Waals surface area contributed by atoms with Gasteiger partial charge >= 0.3 is 5.97 Å². The molecule has 0 unspecified atom stereocenters. The van der Waals surface area contributed by atoms with Crippen molar-refractivity contribution in [2.45, 2.75) is 0 Å². The molecule has 36 heavy (non-hydrogen) atoms. The summed E-state index contributed by atoms with van der Waals surface area (Å²) < 4.78 is 4.80. The molecule has 0 radical (unpaired) electrons. The van der Waals surface area contributed by atoms with E-state index in [9.17, 15) is 14.4 Å². The highest BCUT2D eigenvalue weighted by molar-refractivity contribution is 6.37. The number of likely N-dealkylation sites (N-methyl/N-ethyl adjacent to an activating group) is 2. The van der Waals surface area contributed by atoms with Gasteiger partial charge in [-0.3, -0.25) is 14.6 Å². The lowest BCUT2D eigenvalue weighted by molar-refractivity contribution is -0.119. The molecule has 2 N–H and O–H groups in total. The number of hydrogen-bond acceptors (Lipinski definition) is 7. The van der Waals surface area contributed by atoms with Crippen molar-refractivity contribution in [2.24, 2.45) is 0 Å². The van der Waals surface area contributed by atoms with Crippen molar-refractivity contribution in [1.82, 2.24) is 9.88 Å². The summed E-state index contributed by atoms with van der Waals surface area (Å²) in [6.07, 6.45) is 3.31. The molecule has 1 aliphatic heterocycles. The average molecular weight is 486 g/mol. The van der Waals surface area contributed by atoms with Gasteiger partial charge in [0.05, 0.1) is 36.2 Å². The zero-order valence-electron chi connectivity index (χ0n) is 20.5. The van der Waals surface area contributed by atoms with Gasteiger partial charge < -0.3 is 25.2 Å². The molecular weight excluding hydrogens is 458 g/mol. The number of ether oxygens (including phenoxy) is 1. The molecule has 0 saturated carbocycles. The number of nitrogens with one attached hydrogen (secondary N) is 2. The van der Waals surface area contributed by atoms with E-state index in [0.717, 1.165) is 16.9 Å². The lowest BCUT2D eigenvalue weighted by Crippen LogP contribution is -2.34. The first kappa shape index (κ1) is 24.6. The van der Waals surface area contributed by atoms with Crippen LogP contribution >= 0.6 is 0 Å². The van der Waals surface area contributed by atoms with E-state index in [4.69, 9.17) is 4.74 Å². The molecule has 1 aromatic heterocycles. The Hall–Kier alpha value is -4.50. The van der Waals surface area contributed by atoms with Crippen molar-refractivity contribution >= 4 is 46.1 Å². The van der Waals surface area contributed by atoms with Gasteiger partial charge in [0.1, 0.15) is 0 Å². The summed E-state index contributed by atoms with van der Waals surface area (Å²) in [5.74, 6) is -0.797. The summed E-state index contributed by atoms with van der Waals surface area (Å²) >= 11 is 0. The summed E-state index contributed by atoms with van der Waals surface area (Å²) in [7, 11) is 6.74. The molecule has 0 fully saturated rings. The average Bonchev–Trinajstić information content (AvgIpc) is 3.21. The summed E-state index contributed by atoms with van der Waals surface area (Å²) in [5, 5.41) is 6.22. The van der Waals surface area contributed by atoms with Crippen LogP contribution in [0.15, 0.2) is 67.0 Å². The fourth-order valence-corrected chi connectivity index (χ4v) is 3.90. The number of anilines is 3. The van der Waals surface area contributed by atoms with Gasteiger partial charge in [-0.2, -0.15) is 0 Å². The molecular formula is C27H27N5O4. The van der Waals surface area contributed by atoms with Crippen molar-refractivity contribution in [2.75, 3.05) is 50.3 Å². The Morgan fingerprint density at radius 3 is 2.31 bits per heavy atom. The summed E-state index contributed by atoms with van der Waals surface area (Å²) in [5.41, 5.74) is 4.82. The van der Waals surface area contributed by atoms with E-state index in [2.05, 4.69) is 15.6 Å². The van der Waals surface area contributed by atoms with E-state index >= 15 is 0 Å². The van der Waals surface area contributed by atoms with Crippen LogP contribution in [0.1, 0.15) is 21.5 Å². The lowest BCUT2D eigenvalue weighted by atomic mass is 9.99. The lowest BCUT2D eigenvalue weighted by Gasteiger charge is -2.20. The Kier molecular flexibility index (Phi) is 7.12. The van der Waals surface area contributed by atoms with Gasteiger partial charge in [0.25, 0.3) is 5.91 Å². The van der Waals surface area contributed by atoms with E-state index in [1.54, 1.807) is 42.5 Å². The monoisotopic (exact) mass is 485 g/mol. The molecule has 2 heterocycles. The Bertz CT molecular complexity index is 1330. The highest BCUT2D eigenvalue weighted by atomic mass is 16.5. The highest BCUT2D eigenvalue weighted by Gasteiger charge is 2.29. The second-order valence-corrected chi connectivity index (χ2v) is 8.55. The third-order valence-electron chi connectivity index (χ3n) is 5.75. The third kappa shape index (κ3) is 5.11. The normalized spacial score (nSPS) is 13.6. The molecule has 9 nitrogen and oxygen atoms in total. The number of fused-ring (bicyclic) bond motifs is 1. The van der Waals surface area contributed by atoms with Crippen molar-refractivity contribution in [3.63, 3.8) is 0 Å². The maximum atomic E-state index is 13.1. The molecule has 184 valence electrons. The number of hydrogen-bond donors (Lipinski definition) is 2. The number of rotatable bonds is 7. The quantitative estimate of drug-likeness (QED) is 0.391. The molecule has 0 spiro atoms. The zero-order valence-corrected chi connectivity index (χ0v) is 20.5. The first-order valence-electron chi connectivity index (χ1n) is 11.3. The Labute approximate surface area is 209 Å². The van der Waals surface area contributed by atoms with Gasteiger partial charge in [0, 0.05) is 41.9 Å². The van der Waals surface area contributed by atoms with Crippen molar-refractivity contribution in [3.8, 4) is 0 Å². The van der Waals surface area contributed by atoms with E-state index in [0.29, 0.717) is 34.6 Å². The van der Waals surface area contributed by atoms with E-state index in [-0.39, 0.29) is 11.8 Å². The number of carbonyl (C=O) groups excluding carboxylic acids is 3. The minimum Gasteiger partial charge on any atom is -0.465 e. The largest absolute Gasteiger partial charge is 0.465 e. The second kappa shape index (κ2) is 10.4. The Balaban J connectivity index is 1.71. The Morgan fingerprint density at radius 2 is 1.67 bits per heavy atom. The van der Waals surface area contributed by atoms with Gasteiger partial charge in [-0.05, 0) is 62.6 Å². The molecule has 0 saturated heterocycles. The van der Waals surface area contributed by atoms with Crippen LogP contribution in [0.25, 0.3) is 11.3 Å². The SMILES string of the molecule is COC(=O)c1ccc2c(c1)NC(=O)C2=C(Nc1ccc(N(C)C(=O)CN(C)C)cc1)c1ccncc1.